The van der Waals surface area contributed by atoms with E-state index in [0.717, 1.165) is 11.1 Å². The molecular weight excluding hydrogens is 254 g/mol. The summed E-state index contributed by atoms with van der Waals surface area (Å²) in [5, 5.41) is 0. The van der Waals surface area contributed by atoms with Crippen molar-refractivity contribution in [1.29, 1.82) is 0 Å². The number of esters is 1. The first-order valence-corrected chi connectivity index (χ1v) is 6.31. The van der Waals surface area contributed by atoms with Gasteiger partial charge in [0.2, 0.25) is 0 Å². The molecule has 0 saturated heterocycles. The number of ether oxygens (including phenoxy) is 1. The molecule has 0 bridgehead atoms. The van der Waals surface area contributed by atoms with Gasteiger partial charge >= 0.3 is 5.97 Å². The maximum absolute atomic E-state index is 12.2. The van der Waals surface area contributed by atoms with Crippen LogP contribution in [0.25, 0.3) is 6.08 Å². The summed E-state index contributed by atoms with van der Waals surface area (Å²) >= 11 is 0. The van der Waals surface area contributed by atoms with E-state index in [9.17, 15) is 9.59 Å². The lowest BCUT2D eigenvalue weighted by atomic mass is 10.0. The monoisotopic (exact) mass is 271 g/mol. The Labute approximate surface area is 118 Å². The summed E-state index contributed by atoms with van der Waals surface area (Å²) in [5.74, 6) is -0.679. The van der Waals surface area contributed by atoms with Crippen LogP contribution in [0.5, 0.6) is 0 Å². The SMILES string of the molecule is COC(=O)C1=C(C)N(C)C(=O)C1=Cc1ccc(C)cc1. The van der Waals surface area contributed by atoms with Crippen LogP contribution in [0.1, 0.15) is 18.1 Å². The van der Waals surface area contributed by atoms with Crippen molar-refractivity contribution in [3.8, 4) is 0 Å². The van der Waals surface area contributed by atoms with Gasteiger partial charge in [-0.05, 0) is 25.5 Å². The van der Waals surface area contributed by atoms with E-state index in [-0.39, 0.29) is 5.91 Å². The quantitative estimate of drug-likeness (QED) is 0.612. The van der Waals surface area contributed by atoms with Crippen LogP contribution in [0, 0.1) is 6.92 Å². The molecule has 1 amide bonds. The van der Waals surface area contributed by atoms with Crippen molar-refractivity contribution >= 4 is 18.0 Å². The van der Waals surface area contributed by atoms with Gasteiger partial charge < -0.3 is 9.64 Å². The highest BCUT2D eigenvalue weighted by Crippen LogP contribution is 2.30. The number of methoxy groups -OCH3 is 1. The van der Waals surface area contributed by atoms with Gasteiger partial charge in [0.15, 0.2) is 0 Å². The molecule has 0 spiro atoms. The number of benzene rings is 1. The smallest absolute Gasteiger partial charge is 0.340 e. The highest BCUT2D eigenvalue weighted by atomic mass is 16.5. The molecule has 0 radical (unpaired) electrons. The molecule has 0 atom stereocenters. The second-order valence-corrected chi connectivity index (χ2v) is 4.78. The topological polar surface area (TPSA) is 46.6 Å². The Morgan fingerprint density at radius 2 is 1.80 bits per heavy atom. The Bertz CT molecular complexity index is 624. The van der Waals surface area contributed by atoms with Gasteiger partial charge in [0.1, 0.15) is 0 Å². The zero-order chi connectivity index (χ0) is 14.9. The van der Waals surface area contributed by atoms with Gasteiger partial charge in [-0.25, -0.2) is 4.79 Å². The van der Waals surface area contributed by atoms with Gasteiger partial charge in [-0.2, -0.15) is 0 Å². The third-order valence-electron chi connectivity index (χ3n) is 3.45. The first-order valence-electron chi connectivity index (χ1n) is 6.31. The molecular formula is C16H17NO3. The van der Waals surface area contributed by atoms with Crippen molar-refractivity contribution in [2.75, 3.05) is 14.2 Å². The summed E-state index contributed by atoms with van der Waals surface area (Å²) in [6, 6.07) is 7.75. The molecule has 0 unspecified atom stereocenters. The molecule has 1 aromatic carbocycles. The standard InChI is InChI=1S/C16H17NO3/c1-10-5-7-12(8-6-10)9-13-14(16(19)20-4)11(2)17(3)15(13)18/h5-9H,1-4H3. The van der Waals surface area contributed by atoms with Crippen LogP contribution in [-0.4, -0.2) is 30.9 Å². The van der Waals surface area contributed by atoms with Gasteiger partial charge in [0.05, 0.1) is 18.3 Å². The van der Waals surface area contributed by atoms with Crippen molar-refractivity contribution in [1.82, 2.24) is 4.90 Å². The van der Waals surface area contributed by atoms with Crippen molar-refractivity contribution in [2.24, 2.45) is 0 Å². The van der Waals surface area contributed by atoms with Gasteiger partial charge in [0, 0.05) is 12.7 Å². The maximum atomic E-state index is 12.2. The van der Waals surface area contributed by atoms with E-state index in [1.54, 1.807) is 20.0 Å². The van der Waals surface area contributed by atoms with E-state index in [4.69, 9.17) is 4.74 Å². The summed E-state index contributed by atoms with van der Waals surface area (Å²) in [6.45, 7) is 3.73. The normalized spacial score (nSPS) is 17.1. The first kappa shape index (κ1) is 14.1. The van der Waals surface area contributed by atoms with E-state index >= 15 is 0 Å². The minimum atomic E-state index is -0.487. The van der Waals surface area contributed by atoms with E-state index in [1.165, 1.54) is 12.0 Å². The fourth-order valence-electron chi connectivity index (χ4n) is 2.13. The second kappa shape index (κ2) is 5.33. The van der Waals surface area contributed by atoms with Gasteiger partial charge in [-0.15, -0.1) is 0 Å². The molecule has 20 heavy (non-hydrogen) atoms. The lowest BCUT2D eigenvalue weighted by Gasteiger charge is -2.08. The van der Waals surface area contributed by atoms with Crippen molar-refractivity contribution in [2.45, 2.75) is 13.8 Å². The van der Waals surface area contributed by atoms with Crippen LogP contribution >= 0.6 is 0 Å². The first-order chi connectivity index (χ1) is 9.45. The zero-order valence-electron chi connectivity index (χ0n) is 12.1. The van der Waals surface area contributed by atoms with E-state index in [2.05, 4.69) is 0 Å². The molecule has 2 rings (SSSR count). The molecule has 0 saturated carbocycles. The molecule has 1 aliphatic heterocycles. The fraction of sp³-hybridized carbons (Fsp3) is 0.250. The largest absolute Gasteiger partial charge is 0.465 e. The van der Waals surface area contributed by atoms with Crippen LogP contribution < -0.4 is 0 Å². The highest BCUT2D eigenvalue weighted by molar-refractivity contribution is 6.16. The Balaban J connectivity index is 2.50. The molecule has 0 aromatic heterocycles. The Hall–Kier alpha value is -2.36. The lowest BCUT2D eigenvalue weighted by Crippen LogP contribution is -2.19. The van der Waals surface area contributed by atoms with Crippen LogP contribution in [-0.2, 0) is 14.3 Å². The lowest BCUT2D eigenvalue weighted by molar-refractivity contribution is -0.136. The summed E-state index contributed by atoms with van der Waals surface area (Å²) in [6.07, 6.45) is 1.72. The van der Waals surface area contributed by atoms with Gasteiger partial charge in [-0.1, -0.05) is 29.8 Å². The van der Waals surface area contributed by atoms with Gasteiger partial charge in [0.25, 0.3) is 5.91 Å². The number of hydrogen-bond acceptors (Lipinski definition) is 3. The number of hydrogen-bond donors (Lipinski definition) is 0. The molecule has 1 aromatic rings. The number of allylic oxidation sites excluding steroid dienone is 1. The average Bonchev–Trinajstić information content (AvgIpc) is 2.65. The van der Waals surface area contributed by atoms with Crippen molar-refractivity contribution in [3.05, 3.63) is 52.2 Å². The number of amides is 1. The van der Waals surface area contributed by atoms with E-state index < -0.39 is 5.97 Å². The number of carbonyl (C=O) groups excluding carboxylic acids is 2. The third kappa shape index (κ3) is 2.37. The minimum Gasteiger partial charge on any atom is -0.465 e. The van der Waals surface area contributed by atoms with E-state index in [1.807, 2.05) is 31.2 Å². The van der Waals surface area contributed by atoms with E-state index in [0.29, 0.717) is 16.8 Å². The Kier molecular flexibility index (Phi) is 3.74. The molecule has 4 nitrogen and oxygen atoms in total. The Morgan fingerprint density at radius 3 is 2.35 bits per heavy atom. The van der Waals surface area contributed by atoms with Crippen LogP contribution in [0.2, 0.25) is 0 Å². The maximum Gasteiger partial charge on any atom is 0.340 e. The average molecular weight is 271 g/mol. The molecule has 1 heterocycles. The van der Waals surface area contributed by atoms with Crippen molar-refractivity contribution in [3.63, 3.8) is 0 Å². The summed E-state index contributed by atoms with van der Waals surface area (Å²) in [7, 11) is 2.96. The van der Waals surface area contributed by atoms with Crippen molar-refractivity contribution < 1.29 is 14.3 Å². The predicted octanol–water partition coefficient (Wildman–Crippen LogP) is 2.30. The highest BCUT2D eigenvalue weighted by Gasteiger charge is 2.34. The molecule has 4 heteroatoms. The number of nitrogens with zero attached hydrogens (tertiary/aromatic N) is 1. The number of rotatable bonds is 2. The molecule has 1 aliphatic rings. The molecule has 104 valence electrons. The molecule has 0 aliphatic carbocycles. The summed E-state index contributed by atoms with van der Waals surface area (Å²) in [4.78, 5) is 25.6. The van der Waals surface area contributed by atoms with Crippen LogP contribution in [0.15, 0.2) is 41.1 Å². The predicted molar refractivity (Wildman–Crippen MR) is 76.6 cm³/mol. The number of carbonyl (C=O) groups is 2. The van der Waals surface area contributed by atoms with Gasteiger partial charge in [-0.3, -0.25) is 4.79 Å². The zero-order valence-corrected chi connectivity index (χ0v) is 12.1. The number of aryl methyl sites for hydroxylation is 1. The summed E-state index contributed by atoms with van der Waals surface area (Å²) in [5.41, 5.74) is 3.34. The van der Waals surface area contributed by atoms with Crippen LogP contribution in [0.3, 0.4) is 0 Å². The summed E-state index contributed by atoms with van der Waals surface area (Å²) < 4.78 is 4.77. The third-order valence-corrected chi connectivity index (χ3v) is 3.45. The minimum absolute atomic E-state index is 0.191. The second-order valence-electron chi connectivity index (χ2n) is 4.78. The molecule has 0 N–H and O–H groups in total. The fourth-order valence-corrected chi connectivity index (χ4v) is 2.13. The Morgan fingerprint density at radius 1 is 1.20 bits per heavy atom. The number of likely N-dealkylation sites (N-methyl/N-ethyl adjacent to an activating group) is 1. The van der Waals surface area contributed by atoms with Crippen LogP contribution in [0.4, 0.5) is 0 Å². The molecule has 0 fully saturated rings.